The van der Waals surface area contributed by atoms with Gasteiger partial charge in [0, 0.05) is 57.5 Å². The molecule has 56 heavy (non-hydrogen) atoms. The number of aromatic nitrogens is 2. The Hall–Kier alpha value is -4.73. The maximum Gasteiger partial charge on any atom is 2.00 e. The number of hydrogen-bond acceptors (Lipinski definition) is 5. The fraction of sp³-hybridized carbons (Fsp3) is 0.320. The molecule has 0 unspecified atom stereocenters. The molecule has 8 rings (SSSR count). The second-order valence-electron chi connectivity index (χ2n) is 18.5. The molecule has 4 aromatic carbocycles. The molecule has 0 radical (unpaired) electrons. The van der Waals surface area contributed by atoms with Gasteiger partial charge in [0.05, 0.1) is 0 Å². The van der Waals surface area contributed by atoms with Gasteiger partial charge < -0.3 is 24.2 Å². The predicted molar refractivity (Wildman–Crippen MR) is 222 cm³/mol. The Morgan fingerprint density at radius 3 is 1.36 bits per heavy atom. The molecule has 0 saturated heterocycles. The van der Waals surface area contributed by atoms with Crippen molar-refractivity contribution < 1.29 is 35.3 Å². The second kappa shape index (κ2) is 14.3. The fourth-order valence-electron chi connectivity index (χ4n) is 8.03. The van der Waals surface area contributed by atoms with Crippen LogP contribution in [0.1, 0.15) is 91.5 Å². The number of pyridine rings is 2. The number of fused-ring (bicyclic) bond motifs is 6. The van der Waals surface area contributed by atoms with Crippen LogP contribution in [0.2, 0.25) is 0 Å². The largest absolute Gasteiger partial charge is 2.00 e. The third-order valence-electron chi connectivity index (χ3n) is 10.3. The molecule has 0 atom stereocenters. The average Bonchev–Trinajstić information content (AvgIpc) is 3.10. The van der Waals surface area contributed by atoms with Crippen LogP contribution in [0.25, 0.3) is 44.8 Å². The summed E-state index contributed by atoms with van der Waals surface area (Å²) in [7, 11) is 0. The number of rotatable bonds is 6. The number of benzene rings is 4. The van der Waals surface area contributed by atoms with Crippen molar-refractivity contribution in [1.29, 1.82) is 0 Å². The van der Waals surface area contributed by atoms with E-state index < -0.39 is 11.2 Å². The zero-order chi connectivity index (χ0) is 38.9. The summed E-state index contributed by atoms with van der Waals surface area (Å²) in [4.78, 5) is 9.63. The Labute approximate surface area is 347 Å². The zero-order valence-corrected chi connectivity index (χ0v) is 36.4. The van der Waals surface area contributed by atoms with Crippen molar-refractivity contribution in [2.45, 2.75) is 93.3 Å². The first-order chi connectivity index (χ1) is 25.9. The van der Waals surface area contributed by atoms with Crippen molar-refractivity contribution in [1.82, 2.24) is 9.97 Å². The topological polar surface area (TPSA) is 53.5 Å². The van der Waals surface area contributed by atoms with Crippen molar-refractivity contribution in [2.24, 2.45) is 10.8 Å². The first-order valence-electron chi connectivity index (χ1n) is 19.3. The number of hydrogen-bond donors (Lipinski definition) is 0. The smallest absolute Gasteiger partial charge is 0.497 e. The Balaban J connectivity index is 0.00000480. The molecule has 6 aromatic rings. The van der Waals surface area contributed by atoms with Gasteiger partial charge in [-0.15, -0.1) is 47.5 Å². The summed E-state index contributed by atoms with van der Waals surface area (Å²) in [5, 5.41) is 0. The molecule has 2 aliphatic rings. The molecule has 0 spiro atoms. The molecule has 0 N–H and O–H groups in total. The van der Waals surface area contributed by atoms with Crippen LogP contribution in [-0.4, -0.2) is 9.97 Å². The Morgan fingerprint density at radius 1 is 0.554 bits per heavy atom. The minimum absolute atomic E-state index is 0. The third kappa shape index (κ3) is 7.81. The minimum atomic E-state index is -0.543. The van der Waals surface area contributed by atoms with E-state index >= 15 is 0 Å². The quantitative estimate of drug-likeness (QED) is 0.156. The van der Waals surface area contributed by atoms with Crippen LogP contribution >= 0.6 is 0 Å². The molecule has 0 amide bonds. The van der Waals surface area contributed by atoms with E-state index in [0.29, 0.717) is 11.5 Å². The molecule has 0 saturated carbocycles. The zero-order valence-electron chi connectivity index (χ0n) is 34.1. The summed E-state index contributed by atoms with van der Waals surface area (Å²) >= 11 is 0. The molecular formula is C50H50N2O3Pt. The molecule has 0 aliphatic carbocycles. The summed E-state index contributed by atoms with van der Waals surface area (Å²) < 4.78 is 20.0. The Morgan fingerprint density at radius 2 is 0.964 bits per heavy atom. The van der Waals surface area contributed by atoms with Gasteiger partial charge >= 0.3 is 21.1 Å². The van der Waals surface area contributed by atoms with Crippen molar-refractivity contribution in [3.05, 3.63) is 132 Å². The fourth-order valence-corrected chi connectivity index (χ4v) is 8.03. The first kappa shape index (κ1) is 39.5. The monoisotopic (exact) mass is 921 g/mol. The summed E-state index contributed by atoms with van der Waals surface area (Å²) in [6, 6.07) is 36.3. The van der Waals surface area contributed by atoms with Gasteiger partial charge in [-0.1, -0.05) is 90.1 Å². The molecule has 2 aliphatic heterocycles. The summed E-state index contributed by atoms with van der Waals surface area (Å²) in [6.45, 7) is 22.2. The van der Waals surface area contributed by atoms with Crippen LogP contribution in [0.5, 0.6) is 23.0 Å². The van der Waals surface area contributed by atoms with E-state index in [1.807, 2.05) is 60.9 Å². The third-order valence-corrected chi connectivity index (χ3v) is 10.3. The van der Waals surface area contributed by atoms with Crippen LogP contribution in [-0.2, 0) is 45.1 Å². The first-order valence-corrected chi connectivity index (χ1v) is 19.3. The van der Waals surface area contributed by atoms with Crippen LogP contribution in [0, 0.1) is 23.0 Å². The van der Waals surface area contributed by atoms with E-state index in [1.54, 1.807) is 0 Å². The van der Waals surface area contributed by atoms with Crippen molar-refractivity contribution >= 4 is 0 Å². The average molecular weight is 922 g/mol. The van der Waals surface area contributed by atoms with Gasteiger partial charge in [-0.3, -0.25) is 0 Å². The van der Waals surface area contributed by atoms with Gasteiger partial charge in [0.2, 0.25) is 0 Å². The molecule has 288 valence electrons. The molecule has 0 fully saturated rings. The molecule has 4 heterocycles. The maximum atomic E-state index is 6.80. The summed E-state index contributed by atoms with van der Waals surface area (Å²) in [5.41, 5.74) is 11.7. The second-order valence-corrected chi connectivity index (χ2v) is 18.5. The maximum absolute atomic E-state index is 6.80. The number of ether oxygens (including phenoxy) is 3. The van der Waals surface area contributed by atoms with E-state index in [-0.39, 0.29) is 31.9 Å². The van der Waals surface area contributed by atoms with Gasteiger partial charge in [0.15, 0.2) is 0 Å². The van der Waals surface area contributed by atoms with E-state index in [4.69, 9.17) is 24.2 Å². The van der Waals surface area contributed by atoms with E-state index in [9.17, 15) is 0 Å². The Kier molecular flexibility index (Phi) is 10.1. The molecule has 2 aromatic heterocycles. The van der Waals surface area contributed by atoms with Gasteiger partial charge in [-0.05, 0) is 85.8 Å². The SMILES string of the molecule is CC(C)(C)Cc1ccc2c(c1)C(C)(C)Oc1c-2ccnc1-c1[c-]c(Oc2[c-]c(-c3nccc4c3OC(C)(C)c3cc(CC(C)(C)C)ccc3-4)ccc2)ccc1.[Pt+2]. The molecule has 5 nitrogen and oxygen atoms in total. The summed E-state index contributed by atoms with van der Waals surface area (Å²) in [5.74, 6) is 2.60. The van der Waals surface area contributed by atoms with Crippen molar-refractivity contribution in [3.63, 3.8) is 0 Å². The van der Waals surface area contributed by atoms with Crippen LogP contribution < -0.4 is 14.2 Å². The van der Waals surface area contributed by atoms with Gasteiger partial charge in [-0.25, -0.2) is 0 Å². The molecular weight excluding hydrogens is 872 g/mol. The minimum Gasteiger partial charge on any atom is -0.497 e. The van der Waals surface area contributed by atoms with Crippen molar-refractivity contribution in [3.8, 4) is 67.8 Å². The summed E-state index contributed by atoms with van der Waals surface area (Å²) in [6.07, 6.45) is 5.69. The normalized spacial score (nSPS) is 14.8. The van der Waals surface area contributed by atoms with Crippen LogP contribution in [0.3, 0.4) is 0 Å². The standard InChI is InChI=1S/C50H50N2O3.Pt/c1-47(2,3)29-31-17-19-37-39-21-23-51-43(45(39)54-49(7,8)41(37)25-31)33-13-11-15-35(27-33)53-36-16-12-14-34(28-36)44-46-40(22-24-52-44)38-20-18-32(30-48(4,5)6)26-42(38)50(9,10)55-46;/h11-26H,29-30H2,1-10H3;/q-2;+2. The number of nitrogens with zero attached hydrogens (tertiary/aromatic N) is 2. The van der Waals surface area contributed by atoms with Gasteiger partial charge in [0.1, 0.15) is 22.7 Å². The van der Waals surface area contributed by atoms with Gasteiger partial charge in [-0.2, -0.15) is 0 Å². The Bertz CT molecular complexity index is 2280. The predicted octanol–water partition coefficient (Wildman–Crippen LogP) is 13.0. The molecule has 0 bridgehead atoms. The van der Waals surface area contributed by atoms with E-state index in [1.165, 1.54) is 33.4 Å². The van der Waals surface area contributed by atoms with E-state index in [0.717, 1.165) is 58.0 Å². The molecule has 6 heteroatoms. The van der Waals surface area contributed by atoms with Gasteiger partial charge in [0.25, 0.3) is 0 Å². The van der Waals surface area contributed by atoms with E-state index in [2.05, 4.69) is 118 Å². The van der Waals surface area contributed by atoms with Crippen LogP contribution in [0.15, 0.2) is 97.3 Å². The van der Waals surface area contributed by atoms with Crippen LogP contribution in [0.4, 0.5) is 0 Å². The van der Waals surface area contributed by atoms with Crippen molar-refractivity contribution in [2.75, 3.05) is 0 Å².